The van der Waals surface area contributed by atoms with Crippen LogP contribution in [0.2, 0.25) is 0 Å². The maximum Gasteiger partial charge on any atom is 0.406 e. The number of halogens is 1. The number of rotatable bonds is 4. The van der Waals surface area contributed by atoms with Crippen molar-refractivity contribution in [2.45, 2.75) is 25.4 Å². The molecule has 1 fully saturated rings. The van der Waals surface area contributed by atoms with E-state index in [0.29, 0.717) is 12.8 Å². The van der Waals surface area contributed by atoms with Crippen LogP contribution < -0.4 is 5.32 Å². The van der Waals surface area contributed by atoms with Gasteiger partial charge in [0.1, 0.15) is 11.6 Å². The van der Waals surface area contributed by atoms with Crippen LogP contribution in [0.15, 0.2) is 23.2 Å². The summed E-state index contributed by atoms with van der Waals surface area (Å²) in [6.45, 7) is 2.89. The predicted molar refractivity (Wildman–Crippen MR) is 73.4 cm³/mol. The van der Waals surface area contributed by atoms with Crippen LogP contribution in [0.5, 0.6) is 0 Å². The van der Waals surface area contributed by atoms with Crippen LogP contribution >= 0.6 is 0 Å². The van der Waals surface area contributed by atoms with Crippen molar-refractivity contribution in [1.82, 2.24) is 10.2 Å². The first-order valence-corrected chi connectivity index (χ1v) is 6.83. The van der Waals surface area contributed by atoms with Gasteiger partial charge in [-0.05, 0) is 12.5 Å². The molecule has 1 aliphatic carbocycles. The largest absolute Gasteiger partial charge is 0.511 e. The first-order chi connectivity index (χ1) is 9.99. The quantitative estimate of drug-likeness (QED) is 0.765. The second-order valence-corrected chi connectivity index (χ2v) is 5.26. The highest BCUT2D eigenvalue weighted by molar-refractivity contribution is 5.80. The molecule has 7 heteroatoms. The molecule has 3 atom stereocenters. The number of alkyl carbamates (subject to hydrolysis) is 1. The molecule has 2 aliphatic rings. The summed E-state index contributed by atoms with van der Waals surface area (Å²) in [4.78, 5) is 23.9. The molecule has 2 rings (SSSR count). The molecule has 0 spiro atoms. The van der Waals surface area contributed by atoms with Crippen LogP contribution in [0, 0.1) is 5.92 Å². The average molecular weight is 298 g/mol. The number of aliphatic hydroxyl groups is 1. The number of likely N-dealkylation sites (tertiary alicyclic amines) is 1. The number of nitrogens with one attached hydrogen (secondary N) is 1. The molecule has 1 heterocycles. The van der Waals surface area contributed by atoms with Crippen LogP contribution in [-0.4, -0.2) is 54.7 Å². The van der Waals surface area contributed by atoms with Crippen molar-refractivity contribution in [1.29, 1.82) is 0 Å². The zero-order valence-corrected chi connectivity index (χ0v) is 12.0. The van der Waals surface area contributed by atoms with Crippen molar-refractivity contribution in [2.24, 2.45) is 5.92 Å². The molecule has 1 saturated heterocycles. The van der Waals surface area contributed by atoms with Gasteiger partial charge in [0, 0.05) is 31.1 Å². The molecule has 0 aromatic heterocycles. The molecule has 0 saturated carbocycles. The van der Waals surface area contributed by atoms with E-state index in [0.717, 1.165) is 13.0 Å². The lowest BCUT2D eigenvalue weighted by atomic mass is 9.85. The van der Waals surface area contributed by atoms with E-state index in [1.807, 2.05) is 4.90 Å². The van der Waals surface area contributed by atoms with E-state index in [4.69, 9.17) is 0 Å². The second kappa shape index (κ2) is 6.26. The van der Waals surface area contributed by atoms with Gasteiger partial charge < -0.3 is 15.2 Å². The zero-order valence-electron chi connectivity index (χ0n) is 12.0. The number of aldehydes is 1. The number of hydrogen-bond donors (Lipinski definition) is 2. The third kappa shape index (κ3) is 2.92. The predicted octanol–water partition coefficient (Wildman–Crippen LogP) is 1.30. The minimum atomic E-state index is -0.697. The van der Waals surface area contributed by atoms with Crippen molar-refractivity contribution in [3.05, 3.63) is 23.2 Å². The van der Waals surface area contributed by atoms with Gasteiger partial charge in [-0.25, -0.2) is 9.18 Å². The highest BCUT2D eigenvalue weighted by atomic mass is 19.1. The first-order valence-electron chi connectivity index (χ1n) is 6.83. The standard InChI is InChI=1S/C14H19FN2O4/c1-8-12(5-11(15)10(7-18)13(8)19)17-4-3-9(17)6-16-14(20)21-2/h5,7-9,12,19H,3-4,6H2,1-2H3,(H,16,20). The average Bonchev–Trinajstić information content (AvgIpc) is 2.43. The number of allylic oxidation sites excluding steroid dienone is 2. The highest BCUT2D eigenvalue weighted by Gasteiger charge is 2.40. The lowest BCUT2D eigenvalue weighted by molar-refractivity contribution is -0.105. The summed E-state index contributed by atoms with van der Waals surface area (Å²) in [5.41, 5.74) is -0.275. The highest BCUT2D eigenvalue weighted by Crippen LogP contribution is 2.35. The fourth-order valence-corrected chi connectivity index (χ4v) is 2.76. The first kappa shape index (κ1) is 15.5. The Kier molecular flexibility index (Phi) is 4.62. The fraction of sp³-hybridized carbons (Fsp3) is 0.571. The van der Waals surface area contributed by atoms with Gasteiger partial charge in [0.2, 0.25) is 0 Å². The van der Waals surface area contributed by atoms with Crippen molar-refractivity contribution in [3.8, 4) is 0 Å². The molecule has 0 bridgehead atoms. The van der Waals surface area contributed by atoms with E-state index in [1.165, 1.54) is 13.2 Å². The van der Waals surface area contributed by atoms with E-state index < -0.39 is 11.9 Å². The van der Waals surface area contributed by atoms with E-state index >= 15 is 0 Å². The van der Waals surface area contributed by atoms with Gasteiger partial charge >= 0.3 is 6.09 Å². The van der Waals surface area contributed by atoms with Gasteiger partial charge in [-0.15, -0.1) is 0 Å². The van der Waals surface area contributed by atoms with Crippen LogP contribution in [0.3, 0.4) is 0 Å². The summed E-state index contributed by atoms with van der Waals surface area (Å²) in [6, 6.07) is -0.266. The van der Waals surface area contributed by atoms with Crippen molar-refractivity contribution < 1.29 is 23.8 Å². The third-order valence-electron chi connectivity index (χ3n) is 4.15. The number of carbonyl (C=O) groups excluding carboxylic acids is 2. The smallest absolute Gasteiger partial charge is 0.406 e. The van der Waals surface area contributed by atoms with Gasteiger partial charge in [0.05, 0.1) is 12.7 Å². The Morgan fingerprint density at radius 1 is 1.67 bits per heavy atom. The molecule has 0 aromatic rings. The summed E-state index contributed by atoms with van der Waals surface area (Å²) in [7, 11) is 1.29. The number of methoxy groups -OCH3 is 1. The second-order valence-electron chi connectivity index (χ2n) is 5.26. The molecular weight excluding hydrogens is 279 g/mol. The van der Waals surface area contributed by atoms with Crippen molar-refractivity contribution in [2.75, 3.05) is 20.2 Å². The van der Waals surface area contributed by atoms with Crippen molar-refractivity contribution >= 4 is 12.4 Å². The molecule has 6 nitrogen and oxygen atoms in total. The molecule has 3 unspecified atom stereocenters. The Morgan fingerprint density at radius 3 is 2.90 bits per heavy atom. The third-order valence-corrected chi connectivity index (χ3v) is 4.15. The zero-order chi connectivity index (χ0) is 15.6. The fourth-order valence-electron chi connectivity index (χ4n) is 2.76. The van der Waals surface area contributed by atoms with Crippen LogP contribution in [0.4, 0.5) is 9.18 Å². The summed E-state index contributed by atoms with van der Waals surface area (Å²) >= 11 is 0. The number of carbonyl (C=O) groups is 2. The maximum absolute atomic E-state index is 13.8. The van der Waals surface area contributed by atoms with Gasteiger partial charge in [-0.2, -0.15) is 0 Å². The minimum Gasteiger partial charge on any atom is -0.511 e. The summed E-state index contributed by atoms with van der Waals surface area (Å²) < 4.78 is 18.3. The van der Waals surface area contributed by atoms with E-state index in [-0.39, 0.29) is 29.3 Å². The number of ether oxygens (including phenoxy) is 1. The molecule has 0 aromatic carbocycles. The molecule has 1 aliphatic heterocycles. The maximum atomic E-state index is 13.8. The van der Waals surface area contributed by atoms with E-state index in [2.05, 4.69) is 10.1 Å². The Bertz CT molecular complexity index is 503. The Balaban J connectivity index is 2.04. The lowest BCUT2D eigenvalue weighted by Gasteiger charge is -2.47. The molecule has 21 heavy (non-hydrogen) atoms. The molecular formula is C14H19FN2O4. The van der Waals surface area contributed by atoms with Gasteiger partial charge in [0.15, 0.2) is 6.29 Å². The van der Waals surface area contributed by atoms with E-state index in [9.17, 15) is 19.1 Å². The summed E-state index contributed by atoms with van der Waals surface area (Å²) in [5, 5.41) is 12.6. The molecule has 116 valence electrons. The van der Waals surface area contributed by atoms with Crippen LogP contribution in [0.1, 0.15) is 13.3 Å². The monoisotopic (exact) mass is 298 g/mol. The van der Waals surface area contributed by atoms with Crippen LogP contribution in [0.25, 0.3) is 0 Å². The molecule has 0 radical (unpaired) electrons. The summed E-state index contributed by atoms with van der Waals surface area (Å²) in [5.74, 6) is -1.29. The number of aliphatic hydroxyl groups excluding tert-OH is 1. The Labute approximate surface area is 122 Å². The van der Waals surface area contributed by atoms with Crippen LogP contribution in [-0.2, 0) is 9.53 Å². The Morgan fingerprint density at radius 2 is 2.38 bits per heavy atom. The minimum absolute atomic E-state index is 0.0613. The SMILES string of the molecule is COC(=O)NCC1CCN1C1C=C(F)C(C=O)=C(O)C1C. The topological polar surface area (TPSA) is 78.9 Å². The van der Waals surface area contributed by atoms with Gasteiger partial charge in [0.25, 0.3) is 0 Å². The lowest BCUT2D eigenvalue weighted by Crippen LogP contribution is -2.59. The number of hydrogen-bond acceptors (Lipinski definition) is 5. The normalized spacial score (nSPS) is 29.5. The van der Waals surface area contributed by atoms with Crippen molar-refractivity contribution in [3.63, 3.8) is 0 Å². The molecule has 1 amide bonds. The van der Waals surface area contributed by atoms with Gasteiger partial charge in [-0.3, -0.25) is 9.69 Å². The summed E-state index contributed by atoms with van der Waals surface area (Å²) in [6.07, 6.45) is 2.05. The molecule has 2 N–H and O–H groups in total. The Hall–Kier alpha value is -1.89. The van der Waals surface area contributed by atoms with Gasteiger partial charge in [-0.1, -0.05) is 6.92 Å². The number of amides is 1. The van der Waals surface area contributed by atoms with E-state index in [1.54, 1.807) is 6.92 Å². The number of nitrogens with zero attached hydrogens (tertiary/aromatic N) is 1.